The van der Waals surface area contributed by atoms with Crippen LogP contribution in [0.25, 0.3) is 44.2 Å². The Morgan fingerprint density at radius 1 is 0.281 bits per heavy atom. The second-order valence-electron chi connectivity index (χ2n) is 15.4. The van der Waals surface area contributed by atoms with E-state index in [2.05, 4.69) is 242 Å². The highest BCUT2D eigenvalue weighted by Crippen LogP contribution is 2.52. The van der Waals surface area contributed by atoms with Crippen molar-refractivity contribution in [1.29, 1.82) is 0 Å². The molecule has 9 aromatic carbocycles. The van der Waals surface area contributed by atoms with Crippen LogP contribution in [0.4, 0.5) is 34.1 Å². The third-order valence-corrected chi connectivity index (χ3v) is 11.6. The summed E-state index contributed by atoms with van der Waals surface area (Å²) in [5.74, 6) is 0. The van der Waals surface area contributed by atoms with Crippen LogP contribution in [0.1, 0.15) is 25.0 Å². The second-order valence-corrected chi connectivity index (χ2v) is 15.4. The molecule has 0 saturated carbocycles. The highest BCUT2D eigenvalue weighted by atomic mass is 15.1. The van der Waals surface area contributed by atoms with Gasteiger partial charge < -0.3 is 9.80 Å². The van der Waals surface area contributed by atoms with Gasteiger partial charge in [-0.15, -0.1) is 0 Å². The molecule has 0 spiro atoms. The van der Waals surface area contributed by atoms with Crippen LogP contribution in [0.3, 0.4) is 0 Å². The molecular formula is C55H42N2. The second kappa shape index (κ2) is 14.2. The SMILES string of the molecule is CC1(C)c2cc(N(c3ccccc3)c3ccc(-c4ccc(-c5ccccc5)cc4)cc3)ccc2-c2ccc(N(c3ccccc3)c3ccc4ccccc4c3)cc21. The first-order valence-electron chi connectivity index (χ1n) is 19.8. The van der Waals surface area contributed by atoms with E-state index in [0.717, 1.165) is 34.1 Å². The summed E-state index contributed by atoms with van der Waals surface area (Å²) in [6.07, 6.45) is 0. The van der Waals surface area contributed by atoms with Gasteiger partial charge in [0.2, 0.25) is 0 Å². The van der Waals surface area contributed by atoms with Crippen LogP contribution in [-0.4, -0.2) is 0 Å². The van der Waals surface area contributed by atoms with E-state index in [1.54, 1.807) is 0 Å². The molecule has 0 fully saturated rings. The molecular weight excluding hydrogens is 689 g/mol. The van der Waals surface area contributed by atoms with E-state index in [9.17, 15) is 0 Å². The molecule has 9 aromatic rings. The molecule has 1 aliphatic carbocycles. The summed E-state index contributed by atoms with van der Waals surface area (Å²) in [6, 6.07) is 79.2. The van der Waals surface area contributed by atoms with Gasteiger partial charge >= 0.3 is 0 Å². The Morgan fingerprint density at radius 2 is 0.632 bits per heavy atom. The highest BCUT2D eigenvalue weighted by molar-refractivity contribution is 5.91. The summed E-state index contributed by atoms with van der Waals surface area (Å²) >= 11 is 0. The Kier molecular flexibility index (Phi) is 8.53. The van der Waals surface area contributed by atoms with Gasteiger partial charge in [-0.1, -0.05) is 159 Å². The van der Waals surface area contributed by atoms with Crippen molar-refractivity contribution in [2.24, 2.45) is 0 Å². The summed E-state index contributed by atoms with van der Waals surface area (Å²) in [5.41, 5.74) is 16.7. The van der Waals surface area contributed by atoms with Crippen LogP contribution in [0.2, 0.25) is 0 Å². The van der Waals surface area contributed by atoms with Crippen molar-refractivity contribution in [2.45, 2.75) is 19.3 Å². The molecule has 1 aliphatic rings. The molecule has 0 aromatic heterocycles. The third kappa shape index (κ3) is 6.26. The maximum atomic E-state index is 2.41. The van der Waals surface area contributed by atoms with Gasteiger partial charge in [0.1, 0.15) is 0 Å². The van der Waals surface area contributed by atoms with Crippen molar-refractivity contribution in [1.82, 2.24) is 0 Å². The van der Waals surface area contributed by atoms with Crippen molar-refractivity contribution in [2.75, 3.05) is 9.80 Å². The fraction of sp³-hybridized carbons (Fsp3) is 0.0545. The van der Waals surface area contributed by atoms with Crippen molar-refractivity contribution in [3.05, 3.63) is 230 Å². The summed E-state index contributed by atoms with van der Waals surface area (Å²) in [7, 11) is 0. The molecule has 2 heteroatoms. The molecule has 0 amide bonds. The van der Waals surface area contributed by atoms with Gasteiger partial charge in [-0.25, -0.2) is 0 Å². The predicted octanol–water partition coefficient (Wildman–Crippen LogP) is 15.4. The zero-order valence-corrected chi connectivity index (χ0v) is 32.2. The molecule has 57 heavy (non-hydrogen) atoms. The number of para-hydroxylation sites is 2. The van der Waals surface area contributed by atoms with Crippen molar-refractivity contribution in [3.63, 3.8) is 0 Å². The lowest BCUT2D eigenvalue weighted by Gasteiger charge is -2.29. The Morgan fingerprint density at radius 3 is 1.16 bits per heavy atom. The van der Waals surface area contributed by atoms with E-state index >= 15 is 0 Å². The average molecular weight is 731 g/mol. The maximum Gasteiger partial charge on any atom is 0.0468 e. The fourth-order valence-electron chi connectivity index (χ4n) is 8.64. The minimum Gasteiger partial charge on any atom is -0.310 e. The summed E-state index contributed by atoms with van der Waals surface area (Å²) in [6.45, 7) is 4.75. The number of hydrogen-bond acceptors (Lipinski definition) is 2. The topological polar surface area (TPSA) is 6.48 Å². The van der Waals surface area contributed by atoms with Gasteiger partial charge in [-0.2, -0.15) is 0 Å². The highest BCUT2D eigenvalue weighted by Gasteiger charge is 2.37. The first kappa shape index (κ1) is 34.3. The van der Waals surface area contributed by atoms with Gasteiger partial charge in [0.05, 0.1) is 0 Å². The number of rotatable bonds is 8. The summed E-state index contributed by atoms with van der Waals surface area (Å²) < 4.78 is 0. The quantitative estimate of drug-likeness (QED) is 0.154. The van der Waals surface area contributed by atoms with Crippen LogP contribution < -0.4 is 9.80 Å². The smallest absolute Gasteiger partial charge is 0.0468 e. The Balaban J connectivity index is 1.01. The van der Waals surface area contributed by atoms with E-state index in [4.69, 9.17) is 0 Å². The van der Waals surface area contributed by atoms with Crippen molar-refractivity contribution >= 4 is 44.9 Å². The predicted molar refractivity (Wildman–Crippen MR) is 242 cm³/mol. The first-order chi connectivity index (χ1) is 28.0. The molecule has 0 atom stereocenters. The van der Waals surface area contributed by atoms with Gasteiger partial charge in [0.15, 0.2) is 0 Å². The monoisotopic (exact) mass is 730 g/mol. The Bertz CT molecular complexity index is 2840. The molecule has 0 unspecified atom stereocenters. The van der Waals surface area contributed by atoms with Crippen LogP contribution in [0.15, 0.2) is 218 Å². The van der Waals surface area contributed by atoms with E-state index in [1.807, 2.05) is 0 Å². The molecule has 0 radical (unpaired) electrons. The minimum absolute atomic E-state index is 0.222. The molecule has 0 heterocycles. The maximum absolute atomic E-state index is 2.41. The standard InChI is InChI=1S/C55H42N2/c1-55(2)53-37-49(56(45-18-8-4-9-19-45)47-29-26-43(27-30-47)42-24-22-41(23-25-42)39-14-6-3-7-15-39)32-34-51(53)52-35-33-50(38-54(52)55)57(46-20-10-5-11-21-46)48-31-28-40-16-12-13-17-44(40)36-48/h3-38H,1-2H3. The van der Waals surface area contributed by atoms with Gasteiger partial charge in [-0.3, -0.25) is 0 Å². The number of benzene rings is 9. The minimum atomic E-state index is -0.222. The van der Waals surface area contributed by atoms with Crippen molar-refractivity contribution < 1.29 is 0 Å². The van der Waals surface area contributed by atoms with Crippen LogP contribution in [0.5, 0.6) is 0 Å². The number of hydrogen-bond donors (Lipinski definition) is 0. The third-order valence-electron chi connectivity index (χ3n) is 11.6. The Hall–Kier alpha value is -7.16. The lowest BCUT2D eigenvalue weighted by molar-refractivity contribution is 0.660. The largest absolute Gasteiger partial charge is 0.310 e. The molecule has 2 nitrogen and oxygen atoms in total. The van der Waals surface area contributed by atoms with Crippen LogP contribution in [-0.2, 0) is 5.41 Å². The molecule has 10 rings (SSSR count). The summed E-state index contributed by atoms with van der Waals surface area (Å²) in [4.78, 5) is 4.76. The van der Waals surface area contributed by atoms with Gasteiger partial charge in [-0.05, 0) is 128 Å². The normalized spacial score (nSPS) is 12.5. The van der Waals surface area contributed by atoms with Gasteiger partial charge in [0.25, 0.3) is 0 Å². The number of fused-ring (bicyclic) bond motifs is 4. The molecule has 0 saturated heterocycles. The van der Waals surface area contributed by atoms with Gasteiger partial charge in [0, 0.05) is 39.5 Å². The van der Waals surface area contributed by atoms with Crippen LogP contribution in [0, 0.1) is 0 Å². The average Bonchev–Trinajstić information content (AvgIpc) is 3.50. The number of nitrogens with zero attached hydrogens (tertiary/aromatic N) is 2. The lowest BCUT2D eigenvalue weighted by Crippen LogP contribution is -2.17. The van der Waals surface area contributed by atoms with E-state index in [1.165, 1.54) is 55.3 Å². The fourth-order valence-corrected chi connectivity index (χ4v) is 8.64. The molecule has 272 valence electrons. The van der Waals surface area contributed by atoms with E-state index in [-0.39, 0.29) is 5.41 Å². The molecule has 0 N–H and O–H groups in total. The lowest BCUT2D eigenvalue weighted by atomic mass is 9.82. The Labute approximate surface area is 335 Å². The summed E-state index contributed by atoms with van der Waals surface area (Å²) in [5, 5.41) is 2.47. The molecule has 0 bridgehead atoms. The van der Waals surface area contributed by atoms with E-state index < -0.39 is 0 Å². The zero-order chi connectivity index (χ0) is 38.3. The number of anilines is 6. The molecule has 0 aliphatic heterocycles. The van der Waals surface area contributed by atoms with Crippen molar-refractivity contribution in [3.8, 4) is 33.4 Å². The zero-order valence-electron chi connectivity index (χ0n) is 32.2. The van der Waals surface area contributed by atoms with E-state index in [0.29, 0.717) is 0 Å². The van der Waals surface area contributed by atoms with Crippen LogP contribution >= 0.6 is 0 Å². The first-order valence-corrected chi connectivity index (χ1v) is 19.8.